The Bertz CT molecular complexity index is 3120. The van der Waals surface area contributed by atoms with Crippen LogP contribution in [0.1, 0.15) is 25.0 Å². The van der Waals surface area contributed by atoms with Gasteiger partial charge >= 0.3 is 0 Å². The summed E-state index contributed by atoms with van der Waals surface area (Å²) in [5.74, 6) is 0. The van der Waals surface area contributed by atoms with Crippen LogP contribution < -0.4 is 4.90 Å². The Morgan fingerprint density at radius 1 is 0.386 bits per heavy atom. The van der Waals surface area contributed by atoms with Gasteiger partial charge in [0.1, 0.15) is 0 Å². The van der Waals surface area contributed by atoms with E-state index in [2.05, 4.69) is 230 Å². The van der Waals surface area contributed by atoms with Gasteiger partial charge in [0.05, 0.1) is 11.0 Å². The number of hydrogen-bond donors (Lipinski definition) is 0. The molecule has 2 nitrogen and oxygen atoms in total. The molecule has 270 valence electrons. The van der Waals surface area contributed by atoms with Crippen molar-refractivity contribution in [3.63, 3.8) is 0 Å². The molecule has 0 saturated heterocycles. The van der Waals surface area contributed by atoms with Crippen LogP contribution in [-0.4, -0.2) is 4.57 Å². The Labute approximate surface area is 333 Å². The minimum Gasteiger partial charge on any atom is -0.310 e. The monoisotopic (exact) mass is 728 g/mol. The van der Waals surface area contributed by atoms with Crippen LogP contribution in [-0.2, 0) is 5.41 Å². The van der Waals surface area contributed by atoms with Crippen molar-refractivity contribution in [3.8, 4) is 39.1 Å². The first-order valence-electron chi connectivity index (χ1n) is 19.8. The standard InChI is InChI=1S/C55H40N2/c1-55(2)50-20-12-11-19-47(50)48-36-45(31-32-51(48)55)56(43-27-21-38(22-28-43)37-13-5-3-6-14-37)44-29-23-39(24-30-44)41-26-33-52-49(35-41)54-46-18-10-9-15-40(46)25-34-53(54)57(52)42-16-7-4-8-17-42/h3-36H,1-2H3. The molecular weight excluding hydrogens is 689 g/mol. The quantitative estimate of drug-likeness (QED) is 0.165. The van der Waals surface area contributed by atoms with Crippen molar-refractivity contribution in [2.45, 2.75) is 19.3 Å². The van der Waals surface area contributed by atoms with E-state index >= 15 is 0 Å². The SMILES string of the molecule is CC1(C)c2ccccc2-c2cc(N(c3ccc(-c4ccccc4)cc3)c3ccc(-c4ccc5c(c4)c4c6ccccc6ccc4n5-c4ccccc4)cc3)ccc21. The molecule has 57 heavy (non-hydrogen) atoms. The van der Waals surface area contributed by atoms with Gasteiger partial charge in [0.2, 0.25) is 0 Å². The summed E-state index contributed by atoms with van der Waals surface area (Å²) >= 11 is 0. The number of nitrogens with zero attached hydrogens (tertiary/aromatic N) is 2. The lowest BCUT2D eigenvalue weighted by atomic mass is 9.82. The van der Waals surface area contributed by atoms with Crippen molar-refractivity contribution in [1.29, 1.82) is 0 Å². The predicted molar refractivity (Wildman–Crippen MR) is 241 cm³/mol. The number of fused-ring (bicyclic) bond motifs is 8. The topological polar surface area (TPSA) is 8.17 Å². The number of benzene rings is 9. The highest BCUT2D eigenvalue weighted by Crippen LogP contribution is 2.51. The molecule has 9 aromatic carbocycles. The fourth-order valence-corrected chi connectivity index (χ4v) is 9.36. The molecule has 0 aliphatic heterocycles. The Kier molecular flexibility index (Phi) is 7.55. The van der Waals surface area contributed by atoms with Gasteiger partial charge in [-0.05, 0) is 122 Å². The average Bonchev–Trinajstić information content (AvgIpc) is 3.73. The molecule has 1 aliphatic rings. The summed E-state index contributed by atoms with van der Waals surface area (Å²) in [6, 6.07) is 75.6. The third-order valence-electron chi connectivity index (χ3n) is 12.2. The molecule has 0 spiro atoms. The van der Waals surface area contributed by atoms with Crippen molar-refractivity contribution in [2.75, 3.05) is 4.90 Å². The van der Waals surface area contributed by atoms with E-state index in [9.17, 15) is 0 Å². The first-order valence-corrected chi connectivity index (χ1v) is 19.8. The van der Waals surface area contributed by atoms with Gasteiger partial charge in [-0.25, -0.2) is 0 Å². The number of rotatable bonds is 6. The van der Waals surface area contributed by atoms with Gasteiger partial charge in [-0.2, -0.15) is 0 Å². The van der Waals surface area contributed by atoms with E-state index in [1.54, 1.807) is 0 Å². The van der Waals surface area contributed by atoms with Crippen molar-refractivity contribution < 1.29 is 0 Å². The van der Waals surface area contributed by atoms with Crippen molar-refractivity contribution in [1.82, 2.24) is 4.57 Å². The maximum Gasteiger partial charge on any atom is 0.0547 e. The van der Waals surface area contributed by atoms with E-state index in [-0.39, 0.29) is 5.41 Å². The summed E-state index contributed by atoms with van der Waals surface area (Å²) in [5.41, 5.74) is 17.1. The number of hydrogen-bond acceptors (Lipinski definition) is 1. The van der Waals surface area contributed by atoms with E-state index in [1.807, 2.05) is 0 Å². The van der Waals surface area contributed by atoms with Crippen LogP contribution in [0.5, 0.6) is 0 Å². The second-order valence-electron chi connectivity index (χ2n) is 15.8. The van der Waals surface area contributed by atoms with Crippen molar-refractivity contribution >= 4 is 49.6 Å². The molecule has 2 heteroatoms. The third kappa shape index (κ3) is 5.33. The smallest absolute Gasteiger partial charge is 0.0547 e. The van der Waals surface area contributed by atoms with Crippen molar-refractivity contribution in [2.24, 2.45) is 0 Å². The molecule has 11 rings (SSSR count). The van der Waals surface area contributed by atoms with Gasteiger partial charge in [-0.1, -0.05) is 153 Å². The lowest BCUT2D eigenvalue weighted by Gasteiger charge is -2.27. The van der Waals surface area contributed by atoms with E-state index in [0.717, 1.165) is 17.1 Å². The van der Waals surface area contributed by atoms with Crippen LogP contribution >= 0.6 is 0 Å². The third-order valence-corrected chi connectivity index (χ3v) is 12.2. The zero-order valence-corrected chi connectivity index (χ0v) is 32.0. The molecule has 1 heterocycles. The molecule has 0 bridgehead atoms. The molecule has 0 fully saturated rings. The molecule has 0 saturated carbocycles. The summed E-state index contributed by atoms with van der Waals surface area (Å²) in [6.07, 6.45) is 0. The minimum absolute atomic E-state index is 0.0466. The number of aromatic nitrogens is 1. The van der Waals surface area contributed by atoms with Crippen LogP contribution in [0.4, 0.5) is 17.1 Å². The first kappa shape index (κ1) is 33.2. The molecule has 0 unspecified atom stereocenters. The van der Waals surface area contributed by atoms with E-state index in [1.165, 1.54) is 82.8 Å². The lowest BCUT2D eigenvalue weighted by Crippen LogP contribution is -2.15. The van der Waals surface area contributed by atoms with E-state index < -0.39 is 0 Å². The van der Waals surface area contributed by atoms with Crippen LogP contribution in [0, 0.1) is 0 Å². The van der Waals surface area contributed by atoms with Gasteiger partial charge < -0.3 is 9.47 Å². The molecule has 0 radical (unpaired) electrons. The van der Waals surface area contributed by atoms with Gasteiger partial charge in [0.15, 0.2) is 0 Å². The summed E-state index contributed by atoms with van der Waals surface area (Å²) in [7, 11) is 0. The second-order valence-corrected chi connectivity index (χ2v) is 15.8. The molecule has 0 N–H and O–H groups in total. The Balaban J connectivity index is 1.04. The maximum atomic E-state index is 2.40. The fourth-order valence-electron chi connectivity index (χ4n) is 9.36. The Morgan fingerprint density at radius 2 is 0.947 bits per heavy atom. The zero-order valence-electron chi connectivity index (χ0n) is 32.0. The zero-order chi connectivity index (χ0) is 38.1. The Morgan fingerprint density at radius 3 is 1.70 bits per heavy atom. The van der Waals surface area contributed by atoms with Crippen LogP contribution in [0.3, 0.4) is 0 Å². The summed E-state index contributed by atoms with van der Waals surface area (Å²) in [4.78, 5) is 2.40. The van der Waals surface area contributed by atoms with Crippen molar-refractivity contribution in [3.05, 3.63) is 217 Å². The van der Waals surface area contributed by atoms with Gasteiger partial charge in [0.25, 0.3) is 0 Å². The molecule has 10 aromatic rings. The fraction of sp³-hybridized carbons (Fsp3) is 0.0545. The second kappa shape index (κ2) is 13.0. The minimum atomic E-state index is -0.0466. The summed E-state index contributed by atoms with van der Waals surface area (Å²) < 4.78 is 2.40. The summed E-state index contributed by atoms with van der Waals surface area (Å²) in [6.45, 7) is 4.69. The number of para-hydroxylation sites is 1. The highest BCUT2D eigenvalue weighted by molar-refractivity contribution is 6.21. The molecule has 1 aliphatic carbocycles. The van der Waals surface area contributed by atoms with Crippen LogP contribution in [0.25, 0.3) is 71.6 Å². The molecule has 1 aromatic heterocycles. The van der Waals surface area contributed by atoms with Gasteiger partial charge in [0, 0.05) is 38.9 Å². The van der Waals surface area contributed by atoms with Gasteiger partial charge in [-0.3, -0.25) is 0 Å². The normalized spacial score (nSPS) is 12.9. The molecule has 0 amide bonds. The van der Waals surface area contributed by atoms with E-state index in [4.69, 9.17) is 0 Å². The van der Waals surface area contributed by atoms with Crippen LogP contribution in [0.2, 0.25) is 0 Å². The maximum absolute atomic E-state index is 2.40. The summed E-state index contributed by atoms with van der Waals surface area (Å²) in [5, 5.41) is 5.07. The highest BCUT2D eigenvalue weighted by atomic mass is 15.1. The predicted octanol–water partition coefficient (Wildman–Crippen LogP) is 15.0. The molecular formula is C55H40N2. The first-order chi connectivity index (χ1) is 28.0. The largest absolute Gasteiger partial charge is 0.310 e. The van der Waals surface area contributed by atoms with Gasteiger partial charge in [-0.15, -0.1) is 0 Å². The van der Waals surface area contributed by atoms with Crippen LogP contribution in [0.15, 0.2) is 206 Å². The number of anilines is 3. The highest BCUT2D eigenvalue weighted by Gasteiger charge is 2.35. The Hall–Kier alpha value is -7.16. The van der Waals surface area contributed by atoms with E-state index in [0.29, 0.717) is 0 Å². The molecule has 0 atom stereocenters. The lowest BCUT2D eigenvalue weighted by molar-refractivity contribution is 0.660. The average molecular weight is 729 g/mol.